The molecule has 38 nitrogen and oxygen atoms in total. The maximum atomic E-state index is 12.8. The predicted molar refractivity (Wildman–Crippen MR) is 315 cm³/mol. The quantitative estimate of drug-likeness (QED) is 0.00633. The monoisotopic (exact) mass is 1360 g/mol. The molecular weight excluding hydrogens is 1320 g/mol. The molecule has 2 heterocycles. The highest BCUT2D eigenvalue weighted by atomic mass is 32.2. The molecule has 93 heavy (non-hydrogen) atoms. The summed E-state index contributed by atoms with van der Waals surface area (Å²) < 4.78 is 80.8. The lowest BCUT2D eigenvalue weighted by Crippen LogP contribution is -2.46. The Labute approximate surface area is 524 Å². The Morgan fingerprint density at radius 2 is 0.957 bits per heavy atom. The van der Waals surface area contributed by atoms with Crippen molar-refractivity contribution in [3.63, 3.8) is 0 Å². The second-order valence-corrected chi connectivity index (χ2v) is 22.8. The number of aromatic carboxylic acids is 5. The van der Waals surface area contributed by atoms with Gasteiger partial charge >= 0.3 is 35.8 Å². The number of carbonyl (C=O) groups is 5. The Balaban J connectivity index is 1.01. The molecule has 0 fully saturated rings. The number of rotatable bonds is 25. The zero-order valence-electron chi connectivity index (χ0n) is 46.1. The first-order chi connectivity index (χ1) is 44.0. The van der Waals surface area contributed by atoms with Crippen molar-refractivity contribution in [2.24, 2.45) is 20.5 Å². The number of nitrogens with one attached hydrogen (secondary N) is 4. The number of aromatic nitrogens is 6. The highest BCUT2D eigenvalue weighted by Gasteiger charge is 2.27. The molecule has 0 amide bonds. The Morgan fingerprint density at radius 1 is 0.516 bits per heavy atom. The lowest BCUT2D eigenvalue weighted by atomic mass is 10.1. The third-order valence-corrected chi connectivity index (χ3v) is 15.3. The molecule has 9 aromatic rings. The van der Waals surface area contributed by atoms with Crippen molar-refractivity contribution in [1.82, 2.24) is 24.9 Å². The van der Waals surface area contributed by atoms with Crippen LogP contribution in [-0.2, 0) is 39.0 Å². The maximum Gasteiger partial charge on any atom is 0.379 e. The van der Waals surface area contributed by atoms with Gasteiger partial charge in [0.25, 0.3) is 32.4 Å². The van der Waals surface area contributed by atoms with Gasteiger partial charge in [0, 0.05) is 23.4 Å². The number of aryl methyl sites for hydroxylation is 2. The molecule has 0 radical (unpaired) electrons. The van der Waals surface area contributed by atoms with Crippen LogP contribution in [0.4, 0.5) is 63.3 Å². The highest BCUT2D eigenvalue weighted by Crippen LogP contribution is 2.49. The third kappa shape index (κ3) is 15.3. The van der Waals surface area contributed by atoms with E-state index in [4.69, 9.17) is 10.5 Å². The van der Waals surface area contributed by atoms with Gasteiger partial charge in [0.1, 0.15) is 17.2 Å². The first-order valence-corrected chi connectivity index (χ1v) is 29.3. The lowest BCUT2D eigenvalue weighted by Gasteiger charge is -2.16. The van der Waals surface area contributed by atoms with Crippen LogP contribution in [0.2, 0.25) is 0 Å². The van der Waals surface area contributed by atoms with Gasteiger partial charge in [-0.25, -0.2) is 39.9 Å². The molecule has 0 unspecified atom stereocenters. The van der Waals surface area contributed by atoms with Gasteiger partial charge in [-0.3, -0.25) is 14.4 Å². The average molecular weight is 1360 g/mol. The van der Waals surface area contributed by atoms with Crippen molar-refractivity contribution in [2.45, 2.75) is 33.4 Å². The van der Waals surface area contributed by atoms with E-state index in [0.717, 1.165) is 89.9 Å². The topological polar surface area (TPSA) is 579 Å². The van der Waals surface area contributed by atoms with Gasteiger partial charge in [-0.05, 0) is 109 Å². The van der Waals surface area contributed by atoms with Crippen LogP contribution in [0.25, 0.3) is 21.5 Å². The van der Waals surface area contributed by atoms with Crippen LogP contribution in [0.5, 0.6) is 11.5 Å². The fourth-order valence-electron chi connectivity index (χ4n) is 8.48. The fraction of sp³-hybridized carbons (Fsp3) is 0.0392. The molecule has 0 aliphatic heterocycles. The smallest absolute Gasteiger partial charge is 0.379 e. The minimum absolute atomic E-state index is 0.00749. The minimum Gasteiger partial charge on any atom is -0.505 e. The number of azo groups is 2. The van der Waals surface area contributed by atoms with E-state index in [1.165, 1.54) is 26.0 Å². The molecule has 0 aliphatic rings. The first kappa shape index (κ1) is 66.1. The van der Waals surface area contributed by atoms with E-state index < -0.39 is 105 Å². The number of fused-ring (bicyclic) bond motifs is 2. The van der Waals surface area contributed by atoms with Crippen LogP contribution in [0.3, 0.4) is 0 Å². The number of phenolic OH excluding ortho intramolecular Hbond substituents is 2. The molecule has 0 atom stereocenters. The van der Waals surface area contributed by atoms with Gasteiger partial charge in [0.15, 0.2) is 11.5 Å². The number of phenols is 2. The van der Waals surface area contributed by atoms with Crippen LogP contribution in [0, 0.1) is 13.8 Å². The molecule has 0 spiro atoms. The standard InChI is InChI=1S/C51H36N14O24S4/c1-19-53-50(59-51(54-19)58-35-17-31(93(83,84)85)12-22-14-37(91-89-87-79)41(43(67)39(22)35)63-61-29-9-25(46(72)73)6-26(10-29)47(74)75)56-27-3-4-33(32(15-27)48(76)77)64-65-18-52-49(55-20(65)2)57-34-16-30(92(80,81)82)11-21-13-36(90-88-86-78)40(42(66)38(21)34)62-60-28-7-23(44(68)69)5-24(8-28)45(70)71/h3-18H,1-2H3,(H14,53,54,56,58,59,60,61,62,63,64,66,67,68,69,70,71,72,73,74,75,76,77,78,79,80,81,82,83,84,85)/p+1. The van der Waals surface area contributed by atoms with Crippen LogP contribution < -0.4 is 26.1 Å². The summed E-state index contributed by atoms with van der Waals surface area (Å²) in [5.41, 5.74) is -1.84. The van der Waals surface area contributed by atoms with E-state index in [9.17, 15) is 85.7 Å². The second kappa shape index (κ2) is 27.0. The molecule has 0 aliphatic carbocycles. The molecule has 42 heteroatoms. The third-order valence-electron chi connectivity index (χ3n) is 12.4. The number of aromatic hydroxyl groups is 2. The summed E-state index contributed by atoms with van der Waals surface area (Å²) in [5.74, 6) is -10.0. The van der Waals surface area contributed by atoms with Crippen molar-refractivity contribution in [3.8, 4) is 11.5 Å². The second-order valence-electron chi connectivity index (χ2n) is 18.5. The van der Waals surface area contributed by atoms with E-state index in [1.807, 2.05) is 0 Å². The van der Waals surface area contributed by atoms with E-state index >= 15 is 0 Å². The molecule has 7 aromatic carbocycles. The van der Waals surface area contributed by atoms with Gasteiger partial charge in [-0.2, -0.15) is 42.0 Å². The summed E-state index contributed by atoms with van der Waals surface area (Å²) in [6, 6.07) is 15.3. The number of carboxylic acid groups (broad SMARTS) is 5. The normalized spacial score (nSPS) is 11.8. The zero-order valence-corrected chi connectivity index (χ0v) is 49.3. The van der Waals surface area contributed by atoms with Gasteiger partial charge in [-0.1, -0.05) is 20.0 Å². The lowest BCUT2D eigenvalue weighted by molar-refractivity contribution is -0.655. The van der Waals surface area contributed by atoms with Crippen molar-refractivity contribution in [2.75, 3.05) is 21.4 Å². The Hall–Kier alpha value is -11.3. The predicted octanol–water partition coefficient (Wildman–Crippen LogP) is 9.06. The van der Waals surface area contributed by atoms with Gasteiger partial charge in [-0.15, -0.1) is 23.6 Å². The number of nitrogens with zero attached hydrogens (tertiary/aromatic N) is 10. The van der Waals surface area contributed by atoms with Crippen molar-refractivity contribution in [1.29, 1.82) is 0 Å². The van der Waals surface area contributed by atoms with E-state index in [1.54, 1.807) is 0 Å². The van der Waals surface area contributed by atoms with E-state index in [0.29, 0.717) is 0 Å². The number of benzene rings is 7. The largest absolute Gasteiger partial charge is 0.505 e. The van der Waals surface area contributed by atoms with Crippen molar-refractivity contribution < 1.29 is 120 Å². The van der Waals surface area contributed by atoms with Crippen molar-refractivity contribution in [3.05, 3.63) is 137 Å². The maximum absolute atomic E-state index is 12.8. The van der Waals surface area contributed by atoms with Gasteiger partial charge in [0.05, 0.1) is 99.9 Å². The summed E-state index contributed by atoms with van der Waals surface area (Å²) in [7, 11) is -10.0. The van der Waals surface area contributed by atoms with Gasteiger partial charge < -0.3 is 46.4 Å². The highest BCUT2D eigenvalue weighted by molar-refractivity contribution is 7.95. The first-order valence-electron chi connectivity index (χ1n) is 24.9. The average Bonchev–Trinajstić information content (AvgIpc) is 0.774. The summed E-state index contributed by atoms with van der Waals surface area (Å²) in [4.78, 5) is 79.2. The molecular formula is C51H37N14O24S4+. The van der Waals surface area contributed by atoms with Crippen LogP contribution in [-0.4, -0.2) is 127 Å². The Bertz CT molecular complexity index is 4870. The SMILES string of the molecule is Cc1nc(Nc2ccc(N[n+]3cnc(Nc4cc(S(=O)(=O)O)cc5cc(SOOO)c(N=Nc6cc(C(=O)O)cc(C(=O)O)c6)c(O)c45)nc3C)c(C(=O)O)c2)nc(Nc2cc(S(=O)(=O)O)cc3cc(SOOO)c(N=Nc4cc(C(=O)O)cc(C(=O)O)c4)c(O)c23)n1. The molecule has 0 saturated heterocycles. The van der Waals surface area contributed by atoms with Crippen LogP contribution in [0.1, 0.15) is 63.4 Å². The van der Waals surface area contributed by atoms with E-state index in [-0.39, 0.29) is 125 Å². The number of hydrogen-bond donors (Lipinski definition) is 15. The molecule has 2 aromatic heterocycles. The summed E-state index contributed by atoms with van der Waals surface area (Å²) in [6.45, 7) is 2.83. The van der Waals surface area contributed by atoms with Crippen molar-refractivity contribution >= 4 is 159 Å². The summed E-state index contributed by atoms with van der Waals surface area (Å²) in [6.07, 6.45) is 1.11. The minimum atomic E-state index is -5.03. The van der Waals surface area contributed by atoms with Crippen LogP contribution in [0.15, 0.2) is 137 Å². The number of anilines is 7. The van der Waals surface area contributed by atoms with Crippen LogP contribution >= 0.6 is 24.1 Å². The Morgan fingerprint density at radius 3 is 1.37 bits per heavy atom. The van der Waals surface area contributed by atoms with Gasteiger partial charge in [0.2, 0.25) is 11.9 Å². The number of carboxylic acids is 5. The molecule has 0 saturated carbocycles. The summed E-state index contributed by atoms with van der Waals surface area (Å²) >= 11 is 0.422. The number of hydrogen-bond acceptors (Lipinski definition) is 32. The molecule has 9 rings (SSSR count). The Kier molecular flexibility index (Phi) is 19.2. The molecule has 478 valence electrons. The fourth-order valence-corrected chi connectivity index (χ4v) is 10.6. The zero-order chi connectivity index (χ0) is 67.4. The van der Waals surface area contributed by atoms with E-state index in [2.05, 4.69) is 85.5 Å². The molecule has 0 bridgehead atoms. The summed E-state index contributed by atoms with van der Waals surface area (Å²) in [5, 5.41) is 121. The molecule has 15 N–H and O–H groups in total.